The summed E-state index contributed by atoms with van der Waals surface area (Å²) in [6, 6.07) is 1.49. The van der Waals surface area contributed by atoms with E-state index in [9.17, 15) is 4.79 Å². The number of aromatic nitrogens is 4. The van der Waals surface area contributed by atoms with E-state index in [-0.39, 0.29) is 5.91 Å². The van der Waals surface area contributed by atoms with Gasteiger partial charge in [0.25, 0.3) is 0 Å². The summed E-state index contributed by atoms with van der Waals surface area (Å²) in [6.07, 6.45) is 1.42. The fourth-order valence-corrected chi connectivity index (χ4v) is 2.28. The number of nitriles is 1. The van der Waals surface area contributed by atoms with Crippen LogP contribution in [0.3, 0.4) is 0 Å². The van der Waals surface area contributed by atoms with Crippen molar-refractivity contribution in [3.63, 3.8) is 0 Å². The Morgan fingerprint density at radius 2 is 2.19 bits per heavy atom. The van der Waals surface area contributed by atoms with Crippen LogP contribution in [0.5, 0.6) is 0 Å². The summed E-state index contributed by atoms with van der Waals surface area (Å²) in [5.74, 6) is 0.128. The molecule has 7 nitrogen and oxygen atoms in total. The summed E-state index contributed by atoms with van der Waals surface area (Å²) in [4.78, 5) is 12.4. The number of hydrogen-bond donors (Lipinski definition) is 1. The average molecular weight is 351 g/mol. The van der Waals surface area contributed by atoms with Crippen molar-refractivity contribution in [3.05, 3.63) is 27.6 Å². The van der Waals surface area contributed by atoms with Gasteiger partial charge in [0.15, 0.2) is 0 Å². The Morgan fingerprint density at radius 3 is 2.71 bits per heavy atom. The molecule has 0 aliphatic rings. The van der Waals surface area contributed by atoms with Crippen molar-refractivity contribution in [1.29, 1.82) is 5.26 Å². The van der Waals surface area contributed by atoms with E-state index in [1.54, 1.807) is 18.7 Å². The number of amides is 1. The number of anilines is 1. The molecule has 0 spiro atoms. The van der Waals surface area contributed by atoms with Crippen LogP contribution in [0.15, 0.2) is 10.7 Å². The molecular weight excluding hydrogens is 336 g/mol. The molecule has 1 atom stereocenters. The predicted molar refractivity (Wildman–Crippen MR) is 80.7 cm³/mol. The predicted octanol–water partition coefficient (Wildman–Crippen LogP) is 2.07. The Bertz CT molecular complexity index is 739. The normalized spacial score (nSPS) is 12.0. The zero-order valence-corrected chi connectivity index (χ0v) is 13.8. The van der Waals surface area contributed by atoms with E-state index in [1.165, 1.54) is 10.9 Å². The van der Waals surface area contributed by atoms with Crippen LogP contribution in [-0.4, -0.2) is 25.5 Å². The number of nitrogens with one attached hydrogen (secondary N) is 1. The number of nitrogens with zero attached hydrogens (tertiary/aromatic N) is 5. The minimum atomic E-state index is -0.503. The molecule has 0 aliphatic carbocycles. The largest absolute Gasteiger partial charge is 0.308 e. The highest BCUT2D eigenvalue weighted by atomic mass is 79.9. The van der Waals surface area contributed by atoms with Crippen LogP contribution in [0.1, 0.15) is 29.9 Å². The number of aryl methyl sites for hydroxylation is 2. The standard InChI is InChI=1S/C13H15BrN6O/c1-7-11(14)8(2)20(18-7)9(3)13(21)17-12-10(5-15)6-16-19(12)4/h6,9H,1-4H3,(H,17,21). The van der Waals surface area contributed by atoms with Crippen molar-refractivity contribution >= 4 is 27.7 Å². The lowest BCUT2D eigenvalue weighted by Gasteiger charge is -2.14. The third-order valence-corrected chi connectivity index (χ3v) is 4.43. The molecule has 2 aromatic rings. The quantitative estimate of drug-likeness (QED) is 0.917. The molecule has 8 heteroatoms. The van der Waals surface area contributed by atoms with Crippen molar-refractivity contribution in [3.8, 4) is 6.07 Å². The molecule has 21 heavy (non-hydrogen) atoms. The van der Waals surface area contributed by atoms with Crippen LogP contribution in [0.4, 0.5) is 5.82 Å². The first-order chi connectivity index (χ1) is 9.86. The van der Waals surface area contributed by atoms with Crippen LogP contribution in [0, 0.1) is 25.2 Å². The maximum absolute atomic E-state index is 12.4. The van der Waals surface area contributed by atoms with Gasteiger partial charge in [-0.3, -0.25) is 14.2 Å². The highest BCUT2D eigenvalue weighted by Crippen LogP contribution is 2.23. The zero-order valence-electron chi connectivity index (χ0n) is 12.2. The molecular formula is C13H15BrN6O. The smallest absolute Gasteiger partial charge is 0.250 e. The van der Waals surface area contributed by atoms with E-state index >= 15 is 0 Å². The third-order valence-electron chi connectivity index (χ3n) is 3.28. The Balaban J connectivity index is 2.26. The van der Waals surface area contributed by atoms with Crippen molar-refractivity contribution in [2.45, 2.75) is 26.8 Å². The van der Waals surface area contributed by atoms with Crippen LogP contribution >= 0.6 is 15.9 Å². The van der Waals surface area contributed by atoms with Gasteiger partial charge in [0.05, 0.1) is 22.1 Å². The number of halogens is 1. The van der Waals surface area contributed by atoms with Crippen LogP contribution in [0.2, 0.25) is 0 Å². The van der Waals surface area contributed by atoms with Gasteiger partial charge in [-0.05, 0) is 36.7 Å². The molecule has 0 aromatic carbocycles. The Morgan fingerprint density at radius 1 is 1.52 bits per heavy atom. The lowest BCUT2D eigenvalue weighted by molar-refractivity contribution is -0.119. The van der Waals surface area contributed by atoms with E-state index in [1.807, 2.05) is 19.9 Å². The maximum Gasteiger partial charge on any atom is 0.250 e. The number of carbonyl (C=O) groups is 1. The highest BCUT2D eigenvalue weighted by Gasteiger charge is 2.22. The van der Waals surface area contributed by atoms with E-state index in [2.05, 4.69) is 31.4 Å². The van der Waals surface area contributed by atoms with Crippen LogP contribution < -0.4 is 5.32 Å². The minimum Gasteiger partial charge on any atom is -0.308 e. The maximum atomic E-state index is 12.4. The summed E-state index contributed by atoms with van der Waals surface area (Å²) in [5.41, 5.74) is 2.03. The lowest BCUT2D eigenvalue weighted by Crippen LogP contribution is -2.26. The number of hydrogen-bond acceptors (Lipinski definition) is 4. The Labute approximate surface area is 130 Å². The molecule has 0 fully saturated rings. The van der Waals surface area contributed by atoms with Gasteiger partial charge in [0.2, 0.25) is 5.91 Å². The molecule has 1 N–H and O–H groups in total. The van der Waals surface area contributed by atoms with Gasteiger partial charge in [-0.2, -0.15) is 15.5 Å². The SMILES string of the molecule is Cc1nn(C(C)C(=O)Nc2c(C#N)cnn2C)c(C)c1Br. The van der Waals surface area contributed by atoms with Gasteiger partial charge in [0.1, 0.15) is 23.5 Å². The second-order valence-corrected chi connectivity index (χ2v) is 5.53. The molecule has 2 aromatic heterocycles. The van der Waals surface area contributed by atoms with Crippen molar-refractivity contribution < 1.29 is 4.79 Å². The topological polar surface area (TPSA) is 88.5 Å². The van der Waals surface area contributed by atoms with Crippen molar-refractivity contribution in [2.75, 3.05) is 5.32 Å². The van der Waals surface area contributed by atoms with Gasteiger partial charge in [-0.15, -0.1) is 0 Å². The third kappa shape index (κ3) is 2.69. The zero-order chi connectivity index (χ0) is 15.7. The first-order valence-corrected chi connectivity index (χ1v) is 7.10. The number of carbonyl (C=O) groups excluding carboxylic acids is 1. The van der Waals surface area contributed by atoms with E-state index in [4.69, 9.17) is 5.26 Å². The van der Waals surface area contributed by atoms with Gasteiger partial charge in [-0.25, -0.2) is 0 Å². The average Bonchev–Trinajstić information content (AvgIpc) is 2.93. The first-order valence-electron chi connectivity index (χ1n) is 6.31. The second-order valence-electron chi connectivity index (χ2n) is 4.74. The summed E-state index contributed by atoms with van der Waals surface area (Å²) in [7, 11) is 1.67. The van der Waals surface area contributed by atoms with Crippen molar-refractivity contribution in [2.24, 2.45) is 7.05 Å². The van der Waals surface area contributed by atoms with Crippen LogP contribution in [0.25, 0.3) is 0 Å². The van der Waals surface area contributed by atoms with Crippen molar-refractivity contribution in [1.82, 2.24) is 19.6 Å². The molecule has 0 aliphatic heterocycles. The Hall–Kier alpha value is -2.14. The molecule has 0 bridgehead atoms. The molecule has 2 rings (SSSR count). The lowest BCUT2D eigenvalue weighted by atomic mass is 10.3. The monoisotopic (exact) mass is 350 g/mol. The molecule has 110 valence electrons. The van der Waals surface area contributed by atoms with E-state index in [0.717, 1.165) is 15.9 Å². The molecule has 0 saturated heterocycles. The summed E-state index contributed by atoms with van der Waals surface area (Å²) in [6.45, 7) is 5.51. The minimum absolute atomic E-state index is 0.256. The number of rotatable bonds is 3. The fourth-order valence-electron chi connectivity index (χ4n) is 2.02. The van der Waals surface area contributed by atoms with Gasteiger partial charge in [0, 0.05) is 7.05 Å². The summed E-state index contributed by atoms with van der Waals surface area (Å²) < 4.78 is 4.00. The van der Waals surface area contributed by atoms with Crippen LogP contribution in [-0.2, 0) is 11.8 Å². The molecule has 2 heterocycles. The molecule has 1 amide bonds. The highest BCUT2D eigenvalue weighted by molar-refractivity contribution is 9.10. The van der Waals surface area contributed by atoms with Gasteiger partial charge in [-0.1, -0.05) is 0 Å². The van der Waals surface area contributed by atoms with E-state index < -0.39 is 6.04 Å². The Kier molecular flexibility index (Phi) is 4.14. The van der Waals surface area contributed by atoms with E-state index in [0.29, 0.717) is 11.4 Å². The second kappa shape index (κ2) is 5.69. The first kappa shape index (κ1) is 15.3. The molecule has 0 radical (unpaired) electrons. The molecule has 0 saturated carbocycles. The van der Waals surface area contributed by atoms with Gasteiger partial charge >= 0.3 is 0 Å². The summed E-state index contributed by atoms with van der Waals surface area (Å²) >= 11 is 3.44. The molecule has 1 unspecified atom stereocenters. The fraction of sp³-hybridized carbons (Fsp3) is 0.385. The summed E-state index contributed by atoms with van der Waals surface area (Å²) in [5, 5.41) is 20.0. The van der Waals surface area contributed by atoms with Gasteiger partial charge < -0.3 is 5.32 Å².